The van der Waals surface area contributed by atoms with Gasteiger partial charge in [-0.05, 0) is 12.1 Å². The number of carbonyl (C=O) groups is 1. The fourth-order valence-electron chi connectivity index (χ4n) is 1.65. The van der Waals surface area contributed by atoms with Gasteiger partial charge >= 0.3 is 0 Å². The quantitative estimate of drug-likeness (QED) is 0.838. The van der Waals surface area contributed by atoms with Crippen LogP contribution in [0.25, 0.3) is 10.9 Å². The van der Waals surface area contributed by atoms with E-state index in [1.807, 2.05) is 0 Å². The van der Waals surface area contributed by atoms with E-state index < -0.39 is 0 Å². The third-order valence-electron chi connectivity index (χ3n) is 2.37. The number of hydrogen-bond acceptors (Lipinski definition) is 3. The summed E-state index contributed by atoms with van der Waals surface area (Å²) in [6.45, 7) is 0. The van der Waals surface area contributed by atoms with Crippen molar-refractivity contribution in [3.05, 3.63) is 22.8 Å². The Kier molecular flexibility index (Phi) is 2.75. The number of aromatic nitrogens is 1. The second-order valence-corrected chi connectivity index (χ2v) is 3.63. The number of hydrogen-bond donors (Lipinski definition) is 1. The van der Waals surface area contributed by atoms with Crippen molar-refractivity contribution in [2.75, 3.05) is 14.2 Å². The molecule has 5 heteroatoms. The molecule has 2 aromatic rings. The molecule has 4 nitrogen and oxygen atoms in total. The highest BCUT2D eigenvalue weighted by Gasteiger charge is 2.14. The predicted octanol–water partition coefficient (Wildman–Crippen LogP) is 2.65. The van der Waals surface area contributed by atoms with Crippen LogP contribution in [0.4, 0.5) is 0 Å². The number of H-pyrrole nitrogens is 1. The first-order valence-corrected chi connectivity index (χ1v) is 4.97. The van der Waals surface area contributed by atoms with Crippen LogP contribution in [0, 0.1) is 0 Å². The second-order valence-electron chi connectivity index (χ2n) is 3.22. The number of methoxy groups -OCH3 is 2. The SMILES string of the molecule is COc1cc2c(OC)c(C=O)[nH]c2cc1Cl. The van der Waals surface area contributed by atoms with Gasteiger partial charge in [-0.25, -0.2) is 0 Å². The first kappa shape index (κ1) is 10.8. The number of halogens is 1. The maximum absolute atomic E-state index is 10.8. The van der Waals surface area contributed by atoms with E-state index in [9.17, 15) is 4.79 Å². The van der Waals surface area contributed by atoms with Crippen molar-refractivity contribution in [2.45, 2.75) is 0 Å². The van der Waals surface area contributed by atoms with Crippen molar-refractivity contribution in [3.8, 4) is 11.5 Å². The highest BCUT2D eigenvalue weighted by Crippen LogP contribution is 2.36. The zero-order valence-electron chi connectivity index (χ0n) is 8.83. The van der Waals surface area contributed by atoms with Gasteiger partial charge in [-0.2, -0.15) is 0 Å². The van der Waals surface area contributed by atoms with Gasteiger partial charge in [0.2, 0.25) is 0 Å². The van der Waals surface area contributed by atoms with Crippen LogP contribution in [0.3, 0.4) is 0 Å². The Morgan fingerprint density at radius 2 is 2.06 bits per heavy atom. The molecular formula is C11H10ClNO3. The van der Waals surface area contributed by atoms with Gasteiger partial charge < -0.3 is 14.5 Å². The number of carbonyl (C=O) groups excluding carboxylic acids is 1. The van der Waals surface area contributed by atoms with Gasteiger partial charge in [-0.1, -0.05) is 11.6 Å². The van der Waals surface area contributed by atoms with E-state index in [2.05, 4.69) is 4.98 Å². The Morgan fingerprint density at radius 1 is 1.31 bits per heavy atom. The summed E-state index contributed by atoms with van der Waals surface area (Å²) in [6, 6.07) is 3.44. The largest absolute Gasteiger partial charge is 0.495 e. The maximum Gasteiger partial charge on any atom is 0.170 e. The zero-order valence-corrected chi connectivity index (χ0v) is 9.59. The number of nitrogens with one attached hydrogen (secondary N) is 1. The Labute approximate surface area is 97.1 Å². The standard InChI is InChI=1S/C11H10ClNO3/c1-15-10-3-6-8(4-7(10)12)13-9(5-14)11(6)16-2/h3-5,13H,1-2H3. The van der Waals surface area contributed by atoms with Crippen LogP contribution in [0.2, 0.25) is 5.02 Å². The maximum atomic E-state index is 10.8. The van der Waals surface area contributed by atoms with E-state index in [0.717, 1.165) is 10.9 Å². The molecule has 0 radical (unpaired) electrons. The summed E-state index contributed by atoms with van der Waals surface area (Å²) in [4.78, 5) is 13.7. The van der Waals surface area contributed by atoms with Crippen molar-refractivity contribution in [1.82, 2.24) is 4.98 Å². The van der Waals surface area contributed by atoms with Crippen LogP contribution in [0.15, 0.2) is 12.1 Å². The summed E-state index contributed by atoms with van der Waals surface area (Å²) >= 11 is 5.98. The Bertz CT molecular complexity index is 548. The monoisotopic (exact) mass is 239 g/mol. The molecule has 0 spiro atoms. The lowest BCUT2D eigenvalue weighted by Crippen LogP contribution is -1.87. The molecular weight excluding hydrogens is 230 g/mol. The van der Waals surface area contributed by atoms with E-state index in [1.165, 1.54) is 14.2 Å². The summed E-state index contributed by atoms with van der Waals surface area (Å²) < 4.78 is 10.3. The van der Waals surface area contributed by atoms with Gasteiger partial charge in [-0.3, -0.25) is 4.79 Å². The molecule has 16 heavy (non-hydrogen) atoms. The number of aldehydes is 1. The summed E-state index contributed by atoms with van der Waals surface area (Å²) in [5.41, 5.74) is 1.13. The molecule has 0 amide bonds. The average Bonchev–Trinajstić information content (AvgIpc) is 2.64. The molecule has 1 aromatic heterocycles. The van der Waals surface area contributed by atoms with Crippen LogP contribution in [0.1, 0.15) is 10.5 Å². The molecule has 0 unspecified atom stereocenters. The highest BCUT2D eigenvalue weighted by molar-refractivity contribution is 6.33. The van der Waals surface area contributed by atoms with Crippen LogP contribution in [0.5, 0.6) is 11.5 Å². The minimum atomic E-state index is 0.391. The summed E-state index contributed by atoms with van der Waals surface area (Å²) in [6.07, 6.45) is 0.708. The smallest absolute Gasteiger partial charge is 0.170 e. The normalized spacial score (nSPS) is 10.4. The fraction of sp³-hybridized carbons (Fsp3) is 0.182. The van der Waals surface area contributed by atoms with Gasteiger partial charge in [0.05, 0.1) is 24.8 Å². The van der Waals surface area contributed by atoms with Crippen molar-refractivity contribution in [2.24, 2.45) is 0 Å². The second kappa shape index (κ2) is 4.06. The van der Waals surface area contributed by atoms with Gasteiger partial charge in [0.1, 0.15) is 11.4 Å². The van der Waals surface area contributed by atoms with Crippen LogP contribution >= 0.6 is 11.6 Å². The van der Waals surface area contributed by atoms with Crippen LogP contribution in [-0.2, 0) is 0 Å². The molecule has 0 saturated carbocycles. The first-order chi connectivity index (χ1) is 7.71. The predicted molar refractivity (Wildman–Crippen MR) is 61.8 cm³/mol. The molecule has 0 bridgehead atoms. The Morgan fingerprint density at radius 3 is 2.62 bits per heavy atom. The number of fused-ring (bicyclic) bond motifs is 1. The van der Waals surface area contributed by atoms with E-state index in [1.54, 1.807) is 12.1 Å². The summed E-state index contributed by atoms with van der Waals surface area (Å²) in [5.74, 6) is 1.05. The summed E-state index contributed by atoms with van der Waals surface area (Å²) in [7, 11) is 3.05. The van der Waals surface area contributed by atoms with Gasteiger partial charge in [0, 0.05) is 5.39 Å². The average molecular weight is 240 g/mol. The Hall–Kier alpha value is -1.68. The zero-order chi connectivity index (χ0) is 11.7. The van der Waals surface area contributed by atoms with Crippen LogP contribution in [-0.4, -0.2) is 25.5 Å². The lowest BCUT2D eigenvalue weighted by molar-refractivity contribution is 0.111. The first-order valence-electron chi connectivity index (χ1n) is 4.59. The lowest BCUT2D eigenvalue weighted by atomic mass is 10.2. The molecule has 0 aliphatic carbocycles. The molecule has 84 valence electrons. The molecule has 0 aliphatic rings. The van der Waals surface area contributed by atoms with E-state index in [-0.39, 0.29) is 0 Å². The molecule has 0 aliphatic heterocycles. The molecule has 0 fully saturated rings. The molecule has 1 aromatic carbocycles. The van der Waals surface area contributed by atoms with Crippen molar-refractivity contribution < 1.29 is 14.3 Å². The van der Waals surface area contributed by atoms with Gasteiger partial charge in [0.25, 0.3) is 0 Å². The number of ether oxygens (including phenoxy) is 2. The number of rotatable bonds is 3. The minimum absolute atomic E-state index is 0.391. The third-order valence-corrected chi connectivity index (χ3v) is 2.67. The number of aromatic amines is 1. The van der Waals surface area contributed by atoms with Crippen LogP contribution < -0.4 is 9.47 Å². The molecule has 0 saturated heterocycles. The van der Waals surface area contributed by atoms with Crippen molar-refractivity contribution in [1.29, 1.82) is 0 Å². The molecule has 2 rings (SSSR count). The molecule has 1 N–H and O–H groups in total. The van der Waals surface area contributed by atoms with Crippen molar-refractivity contribution >= 4 is 28.8 Å². The van der Waals surface area contributed by atoms with E-state index in [0.29, 0.717) is 28.5 Å². The molecule has 0 atom stereocenters. The van der Waals surface area contributed by atoms with E-state index >= 15 is 0 Å². The molecule has 1 heterocycles. The van der Waals surface area contributed by atoms with E-state index in [4.69, 9.17) is 21.1 Å². The van der Waals surface area contributed by atoms with Crippen molar-refractivity contribution in [3.63, 3.8) is 0 Å². The number of benzene rings is 1. The third kappa shape index (κ3) is 1.51. The highest BCUT2D eigenvalue weighted by atomic mass is 35.5. The fourth-order valence-corrected chi connectivity index (χ4v) is 1.89. The lowest BCUT2D eigenvalue weighted by Gasteiger charge is -2.03. The Balaban J connectivity index is 2.78. The van der Waals surface area contributed by atoms with Gasteiger partial charge in [0.15, 0.2) is 12.0 Å². The van der Waals surface area contributed by atoms with Gasteiger partial charge in [-0.15, -0.1) is 0 Å². The minimum Gasteiger partial charge on any atom is -0.495 e. The topological polar surface area (TPSA) is 51.3 Å². The summed E-state index contributed by atoms with van der Waals surface area (Å²) in [5, 5.41) is 1.25.